The molecular weight excluding hydrogens is 372 g/mol. The summed E-state index contributed by atoms with van der Waals surface area (Å²) in [6.07, 6.45) is 1.44. The number of anilines is 1. The normalized spacial score (nSPS) is 10.5. The summed E-state index contributed by atoms with van der Waals surface area (Å²) in [7, 11) is 0. The number of benzene rings is 2. The molecule has 0 atom stereocenters. The number of hydrogen-bond donors (Lipinski definition) is 2. The van der Waals surface area contributed by atoms with Crippen molar-refractivity contribution in [1.82, 2.24) is 5.32 Å². The van der Waals surface area contributed by atoms with E-state index in [0.717, 1.165) is 11.3 Å². The Morgan fingerprint density at radius 2 is 1.79 bits per heavy atom. The van der Waals surface area contributed by atoms with Gasteiger partial charge in [0.25, 0.3) is 11.8 Å². The first-order valence-electron chi connectivity index (χ1n) is 8.96. The van der Waals surface area contributed by atoms with Crippen molar-refractivity contribution in [2.45, 2.75) is 18.7 Å². The van der Waals surface area contributed by atoms with Crippen LogP contribution in [0.2, 0.25) is 0 Å². The average Bonchev–Trinajstić information content (AvgIpc) is 3.23. The van der Waals surface area contributed by atoms with Crippen LogP contribution in [-0.4, -0.2) is 24.1 Å². The predicted molar refractivity (Wildman–Crippen MR) is 112 cm³/mol. The summed E-state index contributed by atoms with van der Waals surface area (Å²) in [5, 5.41) is 5.70. The van der Waals surface area contributed by atoms with Gasteiger partial charge in [-0.1, -0.05) is 23.8 Å². The minimum absolute atomic E-state index is 0.169. The monoisotopic (exact) mass is 394 g/mol. The molecule has 6 heteroatoms. The number of hydrogen-bond acceptors (Lipinski definition) is 4. The summed E-state index contributed by atoms with van der Waals surface area (Å²) in [4.78, 5) is 25.8. The van der Waals surface area contributed by atoms with Crippen LogP contribution in [0.4, 0.5) is 5.69 Å². The highest BCUT2D eigenvalue weighted by Crippen LogP contribution is 2.19. The van der Waals surface area contributed by atoms with Gasteiger partial charge in [0.05, 0.1) is 6.26 Å². The van der Waals surface area contributed by atoms with Gasteiger partial charge in [-0.2, -0.15) is 0 Å². The van der Waals surface area contributed by atoms with E-state index in [1.807, 2.05) is 13.0 Å². The Labute approximate surface area is 168 Å². The number of carbonyl (C=O) groups excluding carboxylic acids is 2. The molecule has 0 saturated carbocycles. The van der Waals surface area contributed by atoms with Crippen LogP contribution in [0.3, 0.4) is 0 Å². The Bertz CT molecular complexity index is 950. The van der Waals surface area contributed by atoms with Gasteiger partial charge in [-0.25, -0.2) is 0 Å². The van der Waals surface area contributed by atoms with Crippen molar-refractivity contribution in [2.75, 3.05) is 17.6 Å². The van der Waals surface area contributed by atoms with Crippen molar-refractivity contribution in [1.29, 1.82) is 0 Å². The number of nitrogens with one attached hydrogen (secondary N) is 2. The van der Waals surface area contributed by atoms with Gasteiger partial charge < -0.3 is 15.1 Å². The van der Waals surface area contributed by atoms with E-state index in [9.17, 15) is 9.59 Å². The van der Waals surface area contributed by atoms with E-state index in [4.69, 9.17) is 4.42 Å². The third kappa shape index (κ3) is 5.27. The zero-order valence-electron chi connectivity index (χ0n) is 15.8. The van der Waals surface area contributed by atoms with Gasteiger partial charge in [0.15, 0.2) is 5.76 Å². The highest BCUT2D eigenvalue weighted by Gasteiger charge is 2.13. The molecule has 0 radical (unpaired) electrons. The first-order chi connectivity index (χ1) is 13.5. The molecule has 0 spiro atoms. The highest BCUT2D eigenvalue weighted by atomic mass is 32.2. The fraction of sp³-hybridized carbons (Fsp3) is 0.182. The molecule has 0 unspecified atom stereocenters. The van der Waals surface area contributed by atoms with Gasteiger partial charge in [0.2, 0.25) is 0 Å². The summed E-state index contributed by atoms with van der Waals surface area (Å²) in [5.41, 5.74) is 3.18. The van der Waals surface area contributed by atoms with E-state index < -0.39 is 0 Å². The number of rotatable bonds is 7. The SMILES string of the molecule is Cc1ccc(SCCNC(=O)c2ccc(C)c(NC(=O)c3ccco3)c2)cc1. The fourth-order valence-electron chi connectivity index (χ4n) is 2.56. The molecule has 0 aliphatic rings. The number of carbonyl (C=O) groups is 2. The molecule has 5 nitrogen and oxygen atoms in total. The molecule has 28 heavy (non-hydrogen) atoms. The maximum Gasteiger partial charge on any atom is 0.291 e. The van der Waals surface area contributed by atoms with Crippen LogP contribution in [0, 0.1) is 13.8 Å². The maximum atomic E-state index is 12.4. The molecule has 1 aromatic heterocycles. The van der Waals surface area contributed by atoms with Gasteiger partial charge in [0.1, 0.15) is 0 Å². The van der Waals surface area contributed by atoms with E-state index >= 15 is 0 Å². The van der Waals surface area contributed by atoms with Crippen molar-refractivity contribution in [3.8, 4) is 0 Å². The first kappa shape index (κ1) is 19.8. The minimum atomic E-state index is -0.347. The van der Waals surface area contributed by atoms with Crippen LogP contribution >= 0.6 is 11.8 Å². The van der Waals surface area contributed by atoms with Crippen molar-refractivity contribution in [2.24, 2.45) is 0 Å². The quantitative estimate of drug-likeness (QED) is 0.451. The third-order valence-corrected chi connectivity index (χ3v) is 5.18. The second-order valence-electron chi connectivity index (χ2n) is 6.38. The van der Waals surface area contributed by atoms with Crippen LogP contribution in [0.1, 0.15) is 32.0 Å². The Morgan fingerprint density at radius 1 is 1.00 bits per heavy atom. The van der Waals surface area contributed by atoms with Crippen LogP contribution in [-0.2, 0) is 0 Å². The lowest BCUT2D eigenvalue weighted by atomic mass is 10.1. The van der Waals surface area contributed by atoms with Gasteiger partial charge in [0, 0.05) is 28.4 Å². The number of thioether (sulfide) groups is 1. The number of aryl methyl sites for hydroxylation is 2. The zero-order chi connectivity index (χ0) is 19.9. The van der Waals surface area contributed by atoms with Crippen LogP contribution in [0.15, 0.2) is 70.2 Å². The Balaban J connectivity index is 1.54. The van der Waals surface area contributed by atoms with Crippen molar-refractivity contribution < 1.29 is 14.0 Å². The number of furan rings is 1. The molecule has 144 valence electrons. The van der Waals surface area contributed by atoms with E-state index in [-0.39, 0.29) is 17.6 Å². The van der Waals surface area contributed by atoms with Crippen LogP contribution < -0.4 is 10.6 Å². The van der Waals surface area contributed by atoms with Crippen LogP contribution in [0.5, 0.6) is 0 Å². The molecule has 3 rings (SSSR count). The minimum Gasteiger partial charge on any atom is -0.459 e. The Kier molecular flexibility index (Phi) is 6.55. The lowest BCUT2D eigenvalue weighted by Gasteiger charge is -2.10. The van der Waals surface area contributed by atoms with E-state index in [2.05, 4.69) is 41.8 Å². The molecule has 0 saturated heterocycles. The molecule has 2 aromatic carbocycles. The van der Waals surface area contributed by atoms with Gasteiger partial charge in [-0.05, 0) is 55.8 Å². The molecule has 0 bridgehead atoms. The second-order valence-corrected chi connectivity index (χ2v) is 7.55. The molecule has 0 aliphatic heterocycles. The van der Waals surface area contributed by atoms with E-state index in [0.29, 0.717) is 17.8 Å². The standard InChI is InChI=1S/C22H22N2O3S/c1-15-5-9-18(10-6-15)28-13-11-23-21(25)17-8-7-16(2)19(14-17)24-22(26)20-4-3-12-27-20/h3-10,12,14H,11,13H2,1-2H3,(H,23,25)(H,24,26). The molecule has 3 aromatic rings. The molecular formula is C22H22N2O3S. The van der Waals surface area contributed by atoms with Crippen molar-refractivity contribution >= 4 is 29.3 Å². The largest absolute Gasteiger partial charge is 0.459 e. The van der Waals surface area contributed by atoms with Gasteiger partial charge in [-0.15, -0.1) is 11.8 Å². The Hall–Kier alpha value is -2.99. The topological polar surface area (TPSA) is 71.3 Å². The lowest BCUT2D eigenvalue weighted by molar-refractivity contribution is 0.0954. The average molecular weight is 394 g/mol. The molecule has 1 heterocycles. The summed E-state index contributed by atoms with van der Waals surface area (Å²) >= 11 is 1.70. The molecule has 0 aliphatic carbocycles. The predicted octanol–water partition coefficient (Wildman–Crippen LogP) is 4.67. The molecule has 2 amide bonds. The van der Waals surface area contributed by atoms with Gasteiger partial charge in [-0.3, -0.25) is 9.59 Å². The summed E-state index contributed by atoms with van der Waals surface area (Å²) in [6, 6.07) is 16.8. The maximum absolute atomic E-state index is 12.4. The smallest absolute Gasteiger partial charge is 0.291 e. The summed E-state index contributed by atoms with van der Waals surface area (Å²) in [5.74, 6) is 0.489. The van der Waals surface area contributed by atoms with Crippen LogP contribution in [0.25, 0.3) is 0 Å². The van der Waals surface area contributed by atoms with Crippen molar-refractivity contribution in [3.05, 3.63) is 83.3 Å². The third-order valence-electron chi connectivity index (χ3n) is 4.17. The number of amides is 2. The molecule has 0 fully saturated rings. The van der Waals surface area contributed by atoms with E-state index in [1.54, 1.807) is 36.0 Å². The first-order valence-corrected chi connectivity index (χ1v) is 9.94. The van der Waals surface area contributed by atoms with Gasteiger partial charge >= 0.3 is 0 Å². The van der Waals surface area contributed by atoms with E-state index in [1.165, 1.54) is 16.7 Å². The summed E-state index contributed by atoms with van der Waals surface area (Å²) < 4.78 is 5.10. The molecule has 2 N–H and O–H groups in total. The summed E-state index contributed by atoms with van der Waals surface area (Å²) in [6.45, 7) is 4.48. The lowest BCUT2D eigenvalue weighted by Crippen LogP contribution is -2.26. The second kappa shape index (κ2) is 9.28. The fourth-order valence-corrected chi connectivity index (χ4v) is 3.33. The zero-order valence-corrected chi connectivity index (χ0v) is 16.6. The van der Waals surface area contributed by atoms with Crippen molar-refractivity contribution in [3.63, 3.8) is 0 Å². The highest BCUT2D eigenvalue weighted by molar-refractivity contribution is 7.99. The Morgan fingerprint density at radius 3 is 2.50 bits per heavy atom.